The Kier molecular flexibility index (Phi) is 8.20. The number of morpholine rings is 1. The lowest BCUT2D eigenvalue weighted by Gasteiger charge is -2.30. The van der Waals surface area contributed by atoms with Crippen molar-refractivity contribution in [3.63, 3.8) is 0 Å². The van der Waals surface area contributed by atoms with Gasteiger partial charge in [-0.3, -0.25) is 19.2 Å². The van der Waals surface area contributed by atoms with E-state index in [1.807, 2.05) is 0 Å². The van der Waals surface area contributed by atoms with Crippen LogP contribution in [0.2, 0.25) is 0 Å². The standard InChI is InChI=1S/C29H26F3N3O7S2/c1-2-41-19-13-15(7-8-18(19)42-14-20(36)34-9-11-40-12-10-34)21-22-24(43-25-23(21)44-28(39)33-25)27(38)35(26(22)37)17-6-4-3-5-16(17)29(30,31)32/h3-8,13,21-22,24H,2,9-12,14H2,1H3,(H,33,39)/t21-,22-,24+/m0/s1. The summed E-state index contributed by atoms with van der Waals surface area (Å²) in [6.07, 6.45) is -4.80. The molecule has 2 aromatic carbocycles. The molecule has 1 aromatic heterocycles. The zero-order valence-electron chi connectivity index (χ0n) is 23.2. The molecule has 3 atom stereocenters. The molecule has 10 nitrogen and oxygen atoms in total. The predicted molar refractivity (Wildman–Crippen MR) is 154 cm³/mol. The smallest absolute Gasteiger partial charge is 0.418 e. The van der Waals surface area contributed by atoms with Crippen LogP contribution in [-0.4, -0.2) is 72.4 Å². The van der Waals surface area contributed by atoms with E-state index in [2.05, 4.69) is 4.98 Å². The van der Waals surface area contributed by atoms with E-state index >= 15 is 0 Å². The molecule has 232 valence electrons. The van der Waals surface area contributed by atoms with Gasteiger partial charge in [-0.1, -0.05) is 41.3 Å². The van der Waals surface area contributed by atoms with Gasteiger partial charge in [-0.05, 0) is 36.8 Å². The fraction of sp³-hybridized carbons (Fsp3) is 0.379. The molecule has 44 heavy (non-hydrogen) atoms. The molecule has 2 fully saturated rings. The minimum Gasteiger partial charge on any atom is -0.490 e. The lowest BCUT2D eigenvalue weighted by Crippen LogP contribution is -2.43. The first-order chi connectivity index (χ1) is 21.1. The molecule has 0 spiro atoms. The van der Waals surface area contributed by atoms with Crippen LogP contribution in [0.5, 0.6) is 11.5 Å². The van der Waals surface area contributed by atoms with Crippen molar-refractivity contribution in [2.45, 2.75) is 29.3 Å². The molecule has 3 amide bonds. The highest BCUT2D eigenvalue weighted by Gasteiger charge is 2.57. The number of para-hydroxylation sites is 1. The van der Waals surface area contributed by atoms with Gasteiger partial charge < -0.3 is 24.1 Å². The van der Waals surface area contributed by atoms with E-state index in [4.69, 9.17) is 14.2 Å². The largest absolute Gasteiger partial charge is 0.490 e. The number of aromatic amines is 1. The number of carbonyl (C=O) groups excluding carboxylic acids is 3. The van der Waals surface area contributed by atoms with Gasteiger partial charge in [-0.15, -0.1) is 0 Å². The number of fused-ring (bicyclic) bond motifs is 2. The monoisotopic (exact) mass is 649 g/mol. The number of anilines is 1. The third kappa shape index (κ3) is 5.48. The van der Waals surface area contributed by atoms with Crippen LogP contribution in [0.4, 0.5) is 18.9 Å². The topological polar surface area (TPSA) is 118 Å². The van der Waals surface area contributed by atoms with Gasteiger partial charge in [0, 0.05) is 23.9 Å². The number of carbonyl (C=O) groups is 3. The van der Waals surface area contributed by atoms with Gasteiger partial charge in [0.05, 0.1) is 42.0 Å². The summed E-state index contributed by atoms with van der Waals surface area (Å²) in [4.78, 5) is 57.8. The van der Waals surface area contributed by atoms with E-state index in [9.17, 15) is 32.3 Å². The summed E-state index contributed by atoms with van der Waals surface area (Å²) in [6.45, 7) is 3.57. The Balaban J connectivity index is 1.36. The Labute approximate surface area is 257 Å². The molecule has 3 aliphatic rings. The summed E-state index contributed by atoms with van der Waals surface area (Å²) in [6, 6.07) is 9.30. The molecule has 0 radical (unpaired) electrons. The lowest BCUT2D eigenvalue weighted by molar-refractivity contribution is -0.138. The number of halogens is 3. The summed E-state index contributed by atoms with van der Waals surface area (Å²) >= 11 is 1.84. The predicted octanol–water partition coefficient (Wildman–Crippen LogP) is 3.89. The molecular weight excluding hydrogens is 623 g/mol. The first kappa shape index (κ1) is 30.2. The number of imide groups is 1. The number of thiazole rings is 1. The fourth-order valence-electron chi connectivity index (χ4n) is 5.67. The van der Waals surface area contributed by atoms with Crippen LogP contribution in [0.25, 0.3) is 0 Å². The summed E-state index contributed by atoms with van der Waals surface area (Å²) in [5.41, 5.74) is -1.14. The van der Waals surface area contributed by atoms with Crippen LogP contribution in [-0.2, 0) is 25.3 Å². The number of alkyl halides is 3. The highest BCUT2D eigenvalue weighted by molar-refractivity contribution is 8.00. The van der Waals surface area contributed by atoms with Crippen LogP contribution < -0.4 is 19.2 Å². The Bertz CT molecular complexity index is 1670. The van der Waals surface area contributed by atoms with E-state index in [1.54, 1.807) is 30.0 Å². The summed E-state index contributed by atoms with van der Waals surface area (Å²) in [5.74, 6) is -3.21. The molecule has 3 aromatic rings. The Morgan fingerprint density at radius 1 is 1.05 bits per heavy atom. The molecular formula is C29H26F3N3O7S2. The minimum absolute atomic E-state index is 0.219. The first-order valence-corrected chi connectivity index (χ1v) is 15.5. The number of rotatable bonds is 7. The second-order valence-corrected chi connectivity index (χ2v) is 12.4. The Hall–Kier alpha value is -3.82. The van der Waals surface area contributed by atoms with Crippen molar-refractivity contribution in [1.29, 1.82) is 0 Å². The molecule has 0 unspecified atom stereocenters. The summed E-state index contributed by atoms with van der Waals surface area (Å²) < 4.78 is 58.6. The van der Waals surface area contributed by atoms with Gasteiger partial charge in [0.2, 0.25) is 11.8 Å². The highest BCUT2D eigenvalue weighted by atomic mass is 32.2. The van der Waals surface area contributed by atoms with Crippen LogP contribution in [0.15, 0.2) is 52.3 Å². The molecule has 3 aliphatic heterocycles. The number of amides is 3. The van der Waals surface area contributed by atoms with Gasteiger partial charge in [0.25, 0.3) is 5.91 Å². The van der Waals surface area contributed by atoms with Gasteiger partial charge in [0.15, 0.2) is 18.1 Å². The van der Waals surface area contributed by atoms with Crippen molar-refractivity contribution in [1.82, 2.24) is 9.88 Å². The Morgan fingerprint density at radius 2 is 1.80 bits per heavy atom. The lowest BCUT2D eigenvalue weighted by atomic mass is 9.83. The third-order valence-electron chi connectivity index (χ3n) is 7.62. The molecule has 2 saturated heterocycles. The van der Waals surface area contributed by atoms with Crippen LogP contribution >= 0.6 is 23.1 Å². The number of H-pyrrole nitrogens is 1. The van der Waals surface area contributed by atoms with E-state index in [0.717, 1.165) is 35.2 Å². The van der Waals surface area contributed by atoms with Crippen molar-refractivity contribution in [2.75, 3.05) is 44.4 Å². The van der Waals surface area contributed by atoms with Gasteiger partial charge in [-0.2, -0.15) is 13.2 Å². The van der Waals surface area contributed by atoms with Crippen LogP contribution in [0.1, 0.15) is 28.8 Å². The normalized spacial score (nSPS) is 21.7. The molecule has 0 saturated carbocycles. The Morgan fingerprint density at radius 3 is 2.52 bits per heavy atom. The average molecular weight is 650 g/mol. The molecule has 15 heteroatoms. The average Bonchev–Trinajstić information content (AvgIpc) is 3.50. The summed E-state index contributed by atoms with van der Waals surface area (Å²) in [7, 11) is 0. The highest BCUT2D eigenvalue weighted by Crippen LogP contribution is 2.54. The molecule has 4 heterocycles. The zero-order chi connectivity index (χ0) is 31.2. The number of benzene rings is 2. The van der Waals surface area contributed by atoms with Gasteiger partial charge in [0.1, 0.15) is 5.25 Å². The van der Waals surface area contributed by atoms with Crippen LogP contribution in [0, 0.1) is 5.92 Å². The maximum Gasteiger partial charge on any atom is 0.418 e. The number of nitrogens with one attached hydrogen (secondary N) is 1. The number of hydrogen-bond acceptors (Lipinski definition) is 9. The number of ether oxygens (including phenoxy) is 3. The third-order valence-corrected chi connectivity index (χ3v) is 10.0. The number of thioether (sulfide) groups is 1. The maximum atomic E-state index is 14.0. The van der Waals surface area contributed by atoms with E-state index < -0.39 is 51.2 Å². The van der Waals surface area contributed by atoms with Crippen LogP contribution in [0.3, 0.4) is 0 Å². The van der Waals surface area contributed by atoms with Gasteiger partial charge >= 0.3 is 11.0 Å². The van der Waals surface area contributed by atoms with E-state index in [1.165, 1.54) is 12.1 Å². The molecule has 1 N–H and O–H groups in total. The van der Waals surface area contributed by atoms with Gasteiger partial charge in [-0.25, -0.2) is 4.90 Å². The van der Waals surface area contributed by atoms with Crippen molar-refractivity contribution in [3.8, 4) is 11.5 Å². The number of aromatic nitrogens is 1. The molecule has 0 bridgehead atoms. The molecule has 0 aliphatic carbocycles. The fourth-order valence-corrected chi connectivity index (χ4v) is 8.19. The summed E-state index contributed by atoms with van der Waals surface area (Å²) in [5, 5.41) is -0.697. The zero-order valence-corrected chi connectivity index (χ0v) is 24.9. The van der Waals surface area contributed by atoms with Crippen molar-refractivity contribution >= 4 is 46.5 Å². The maximum absolute atomic E-state index is 14.0. The second kappa shape index (κ2) is 11.9. The molecule has 6 rings (SSSR count). The number of nitrogens with zero attached hydrogens (tertiary/aromatic N) is 2. The van der Waals surface area contributed by atoms with Crippen molar-refractivity contribution < 1.29 is 41.8 Å². The SMILES string of the molecule is CCOc1cc([C@@H]2c3sc(=O)[nH]c3S[C@H]3C(=O)N(c4ccccc4C(F)(F)F)C(=O)[C@@H]23)ccc1OCC(=O)N1CCOCC1. The second-order valence-electron chi connectivity index (χ2n) is 10.2. The quantitative estimate of drug-likeness (QED) is 0.384. The van der Waals surface area contributed by atoms with Crippen molar-refractivity contribution in [3.05, 3.63) is 68.1 Å². The van der Waals surface area contributed by atoms with E-state index in [0.29, 0.717) is 46.7 Å². The first-order valence-electron chi connectivity index (χ1n) is 13.8. The van der Waals surface area contributed by atoms with Crippen molar-refractivity contribution in [2.24, 2.45) is 5.92 Å². The minimum atomic E-state index is -4.80. The number of hydrogen-bond donors (Lipinski definition) is 1. The van der Waals surface area contributed by atoms with E-state index in [-0.39, 0.29) is 30.6 Å².